The van der Waals surface area contributed by atoms with Crippen LogP contribution in [0, 0.1) is 5.92 Å². The van der Waals surface area contributed by atoms with Gasteiger partial charge in [-0.05, 0) is 43.7 Å². The van der Waals surface area contributed by atoms with Gasteiger partial charge in [-0.2, -0.15) is 0 Å². The maximum Gasteiger partial charge on any atom is 0.0589 e. The van der Waals surface area contributed by atoms with Gasteiger partial charge in [-0.15, -0.1) is 0 Å². The van der Waals surface area contributed by atoms with E-state index in [2.05, 4.69) is 41.4 Å². The summed E-state index contributed by atoms with van der Waals surface area (Å²) in [4.78, 5) is 2.66. The van der Waals surface area contributed by atoms with Gasteiger partial charge >= 0.3 is 0 Å². The summed E-state index contributed by atoms with van der Waals surface area (Å²) in [7, 11) is 1.81. The number of benzene rings is 1. The van der Waals surface area contributed by atoms with Gasteiger partial charge in [0.2, 0.25) is 0 Å². The molecule has 1 N–H and O–H groups in total. The van der Waals surface area contributed by atoms with Gasteiger partial charge < -0.3 is 10.1 Å². The maximum absolute atomic E-state index is 5.33. The molecule has 1 aromatic rings. The molecule has 116 valence electrons. The smallest absolute Gasteiger partial charge is 0.0589 e. The van der Waals surface area contributed by atoms with Crippen LogP contribution in [0.3, 0.4) is 0 Å². The van der Waals surface area contributed by atoms with Gasteiger partial charge in [-0.25, -0.2) is 0 Å². The number of nitrogens with zero attached hydrogens (tertiary/aromatic N) is 1. The first-order chi connectivity index (χ1) is 10.3. The molecule has 21 heavy (non-hydrogen) atoms. The summed E-state index contributed by atoms with van der Waals surface area (Å²) >= 11 is 0. The Morgan fingerprint density at radius 2 is 2.10 bits per heavy atom. The Hall–Kier alpha value is -1.06. The van der Waals surface area contributed by atoms with Gasteiger partial charge in [0.1, 0.15) is 0 Å². The second kappa shape index (κ2) is 6.80. The van der Waals surface area contributed by atoms with Gasteiger partial charge in [-0.3, -0.25) is 4.90 Å². The molecule has 0 aromatic heterocycles. The van der Waals surface area contributed by atoms with E-state index in [9.17, 15) is 0 Å². The van der Waals surface area contributed by atoms with Crippen molar-refractivity contribution in [2.24, 2.45) is 5.92 Å². The molecule has 0 radical (unpaired) electrons. The van der Waals surface area contributed by atoms with E-state index in [-0.39, 0.29) is 0 Å². The van der Waals surface area contributed by atoms with Crippen LogP contribution in [0.1, 0.15) is 37.7 Å². The number of fused-ring (bicyclic) bond motifs is 1. The summed E-state index contributed by atoms with van der Waals surface area (Å²) < 4.78 is 5.33. The largest absolute Gasteiger partial charge is 0.385 e. The van der Waals surface area contributed by atoms with E-state index < -0.39 is 0 Å². The molecule has 3 rings (SSSR count). The van der Waals surface area contributed by atoms with E-state index in [1.54, 1.807) is 7.11 Å². The highest BCUT2D eigenvalue weighted by Gasteiger charge is 2.33. The molecule has 1 aromatic carbocycles. The zero-order valence-electron chi connectivity index (χ0n) is 13.3. The van der Waals surface area contributed by atoms with E-state index in [0.29, 0.717) is 12.0 Å². The molecule has 0 amide bonds. The van der Waals surface area contributed by atoms with Crippen LogP contribution < -0.4 is 5.32 Å². The number of methoxy groups -OCH3 is 1. The molecule has 1 aliphatic carbocycles. The summed E-state index contributed by atoms with van der Waals surface area (Å²) in [6.45, 7) is 6.56. The Labute approximate surface area is 128 Å². The van der Waals surface area contributed by atoms with E-state index in [4.69, 9.17) is 4.74 Å². The Balaban J connectivity index is 1.70. The molecular weight excluding hydrogens is 260 g/mol. The topological polar surface area (TPSA) is 24.5 Å². The predicted octanol–water partition coefficient (Wildman–Crippen LogP) is 3.33. The molecule has 0 bridgehead atoms. The van der Waals surface area contributed by atoms with Crippen LogP contribution in [0.15, 0.2) is 24.3 Å². The van der Waals surface area contributed by atoms with Crippen LogP contribution in [0.25, 0.3) is 0 Å². The van der Waals surface area contributed by atoms with Crippen molar-refractivity contribution in [2.75, 3.05) is 38.7 Å². The third-order valence-electron chi connectivity index (χ3n) is 5.13. The van der Waals surface area contributed by atoms with Crippen molar-refractivity contribution in [3.63, 3.8) is 0 Å². The highest BCUT2D eigenvalue weighted by Crippen LogP contribution is 2.37. The minimum absolute atomic E-state index is 0.653. The van der Waals surface area contributed by atoms with Crippen LogP contribution in [-0.2, 0) is 4.74 Å². The van der Waals surface area contributed by atoms with Gasteiger partial charge in [0.05, 0.1) is 6.61 Å². The van der Waals surface area contributed by atoms with Crippen molar-refractivity contribution in [3.05, 3.63) is 29.8 Å². The first-order valence-electron chi connectivity index (χ1n) is 8.35. The first kappa shape index (κ1) is 14.9. The third-order valence-corrected chi connectivity index (χ3v) is 5.13. The van der Waals surface area contributed by atoms with E-state index in [1.807, 2.05) is 0 Å². The standard InChI is InChI=1S/C18H28N2O/c1-14(15-7-8-15)20(11-12-21-2)13-16-9-10-19-18-6-4-3-5-17(16)18/h3-6,14-16,19H,7-13H2,1-2H3. The number of rotatable bonds is 7. The van der Waals surface area contributed by atoms with Crippen LogP contribution in [0.4, 0.5) is 5.69 Å². The average Bonchev–Trinajstić information content (AvgIpc) is 3.35. The van der Waals surface area contributed by atoms with Gasteiger partial charge in [0, 0.05) is 44.4 Å². The lowest BCUT2D eigenvalue weighted by Gasteiger charge is -2.35. The zero-order chi connectivity index (χ0) is 14.7. The van der Waals surface area contributed by atoms with Crippen molar-refractivity contribution in [1.29, 1.82) is 0 Å². The predicted molar refractivity (Wildman–Crippen MR) is 87.9 cm³/mol. The summed E-state index contributed by atoms with van der Waals surface area (Å²) in [6, 6.07) is 9.50. The van der Waals surface area contributed by atoms with Gasteiger partial charge in [0.15, 0.2) is 0 Å². The lowest BCUT2D eigenvalue weighted by molar-refractivity contribution is 0.110. The number of ether oxygens (including phenoxy) is 1. The lowest BCUT2D eigenvalue weighted by Crippen LogP contribution is -2.41. The Morgan fingerprint density at radius 1 is 1.29 bits per heavy atom. The molecule has 0 spiro atoms. The Bertz CT molecular complexity index is 458. The maximum atomic E-state index is 5.33. The summed E-state index contributed by atoms with van der Waals surface area (Å²) in [6.07, 6.45) is 4.05. The molecule has 3 nitrogen and oxygen atoms in total. The summed E-state index contributed by atoms with van der Waals surface area (Å²) in [5, 5.41) is 3.53. The minimum Gasteiger partial charge on any atom is -0.385 e. The fraction of sp³-hybridized carbons (Fsp3) is 0.667. The fourth-order valence-electron chi connectivity index (χ4n) is 3.57. The van der Waals surface area contributed by atoms with E-state index >= 15 is 0 Å². The van der Waals surface area contributed by atoms with Crippen molar-refractivity contribution in [3.8, 4) is 0 Å². The minimum atomic E-state index is 0.653. The first-order valence-corrected chi connectivity index (χ1v) is 8.35. The van der Waals surface area contributed by atoms with Crippen LogP contribution >= 0.6 is 0 Å². The number of para-hydroxylation sites is 1. The monoisotopic (exact) mass is 288 g/mol. The molecule has 1 fully saturated rings. The van der Waals surface area contributed by atoms with Gasteiger partial charge in [-0.1, -0.05) is 18.2 Å². The number of anilines is 1. The number of hydrogen-bond donors (Lipinski definition) is 1. The molecule has 2 atom stereocenters. The van der Waals surface area contributed by atoms with Crippen molar-refractivity contribution in [1.82, 2.24) is 4.90 Å². The highest BCUT2D eigenvalue weighted by atomic mass is 16.5. The average molecular weight is 288 g/mol. The third kappa shape index (κ3) is 3.58. The molecule has 3 heteroatoms. The molecule has 1 saturated carbocycles. The van der Waals surface area contributed by atoms with Crippen LogP contribution in [-0.4, -0.2) is 44.3 Å². The molecule has 0 saturated heterocycles. The van der Waals surface area contributed by atoms with Crippen molar-refractivity contribution < 1.29 is 4.74 Å². The van der Waals surface area contributed by atoms with Crippen LogP contribution in [0.5, 0.6) is 0 Å². The second-order valence-electron chi connectivity index (χ2n) is 6.57. The quantitative estimate of drug-likeness (QED) is 0.833. The van der Waals surface area contributed by atoms with Crippen LogP contribution in [0.2, 0.25) is 0 Å². The van der Waals surface area contributed by atoms with Crippen molar-refractivity contribution >= 4 is 5.69 Å². The van der Waals surface area contributed by atoms with Gasteiger partial charge in [0.25, 0.3) is 0 Å². The molecule has 2 aliphatic rings. The number of nitrogens with one attached hydrogen (secondary N) is 1. The van der Waals surface area contributed by atoms with Crippen molar-refractivity contribution in [2.45, 2.75) is 38.1 Å². The summed E-state index contributed by atoms with van der Waals surface area (Å²) in [5.41, 5.74) is 2.83. The zero-order valence-corrected chi connectivity index (χ0v) is 13.3. The fourth-order valence-corrected chi connectivity index (χ4v) is 3.57. The molecule has 1 aliphatic heterocycles. The Kier molecular flexibility index (Phi) is 4.81. The normalized spacial score (nSPS) is 22.7. The summed E-state index contributed by atoms with van der Waals surface area (Å²) in [5.74, 6) is 1.57. The van der Waals surface area contributed by atoms with E-state index in [0.717, 1.165) is 25.6 Å². The van der Waals surface area contributed by atoms with E-state index in [1.165, 1.54) is 37.1 Å². The lowest BCUT2D eigenvalue weighted by atomic mass is 9.90. The SMILES string of the molecule is COCCN(CC1CCNc2ccccc21)C(C)C1CC1. The molecular formula is C18H28N2O. The molecule has 1 heterocycles. The number of hydrogen-bond acceptors (Lipinski definition) is 3. The Morgan fingerprint density at radius 3 is 2.86 bits per heavy atom. The molecule has 2 unspecified atom stereocenters. The second-order valence-corrected chi connectivity index (χ2v) is 6.57. The highest BCUT2D eigenvalue weighted by molar-refractivity contribution is 5.54.